The van der Waals surface area contributed by atoms with Crippen LogP contribution in [0.2, 0.25) is 0 Å². The van der Waals surface area contributed by atoms with Crippen molar-refractivity contribution < 1.29 is 0 Å². The highest BCUT2D eigenvalue weighted by Crippen LogP contribution is 2.31. The van der Waals surface area contributed by atoms with Gasteiger partial charge >= 0.3 is 0 Å². The number of rotatable bonds is 5. The molecule has 0 aliphatic heterocycles. The Morgan fingerprint density at radius 1 is 1.09 bits per heavy atom. The Morgan fingerprint density at radius 2 is 1.91 bits per heavy atom. The summed E-state index contributed by atoms with van der Waals surface area (Å²) in [6.07, 6.45) is 9.82. The third-order valence-corrected chi connectivity index (χ3v) is 2.74. The van der Waals surface area contributed by atoms with Crippen LogP contribution >= 0.6 is 0 Å². The lowest BCUT2D eigenvalue weighted by Crippen LogP contribution is -2.00. The molecule has 0 saturated carbocycles. The second-order valence-corrected chi connectivity index (χ2v) is 3.69. The summed E-state index contributed by atoms with van der Waals surface area (Å²) in [5, 5.41) is 0. The van der Waals surface area contributed by atoms with Gasteiger partial charge in [0.1, 0.15) is 0 Å². The minimum atomic E-state index is 1.36. The molecule has 1 rings (SSSR count). The first-order valence-corrected chi connectivity index (χ1v) is 5.02. The summed E-state index contributed by atoms with van der Waals surface area (Å²) in [4.78, 5) is 0. The quantitative estimate of drug-likeness (QED) is 0.411. The zero-order valence-electron chi connectivity index (χ0n) is 7.95. The molecule has 64 valence electrons. The summed E-state index contributed by atoms with van der Waals surface area (Å²) >= 11 is 0. The second kappa shape index (κ2) is 4.58. The van der Waals surface area contributed by atoms with Crippen molar-refractivity contribution in [2.75, 3.05) is 0 Å². The Morgan fingerprint density at radius 3 is 2.36 bits per heavy atom. The van der Waals surface area contributed by atoms with Crippen LogP contribution in [-0.4, -0.2) is 0 Å². The SMILES string of the molecule is CCCCCCC1=C(C)CC1. The van der Waals surface area contributed by atoms with Crippen LogP contribution < -0.4 is 0 Å². The fourth-order valence-corrected chi connectivity index (χ4v) is 1.66. The van der Waals surface area contributed by atoms with Crippen LogP contribution in [0.3, 0.4) is 0 Å². The molecule has 0 aromatic heterocycles. The molecule has 0 heterocycles. The van der Waals surface area contributed by atoms with E-state index in [-0.39, 0.29) is 0 Å². The maximum atomic E-state index is 2.29. The Kier molecular flexibility index (Phi) is 3.68. The molecule has 0 atom stereocenters. The van der Waals surface area contributed by atoms with Gasteiger partial charge < -0.3 is 0 Å². The maximum absolute atomic E-state index is 2.29. The molecule has 11 heavy (non-hydrogen) atoms. The first-order chi connectivity index (χ1) is 5.34. The fourth-order valence-electron chi connectivity index (χ4n) is 1.66. The molecule has 0 fully saturated rings. The number of hydrogen-bond donors (Lipinski definition) is 0. The van der Waals surface area contributed by atoms with E-state index in [1.165, 1.54) is 44.9 Å². The van der Waals surface area contributed by atoms with Crippen LogP contribution in [0.4, 0.5) is 0 Å². The van der Waals surface area contributed by atoms with Gasteiger partial charge in [-0.3, -0.25) is 0 Å². The van der Waals surface area contributed by atoms with Gasteiger partial charge in [0.2, 0.25) is 0 Å². The van der Waals surface area contributed by atoms with Crippen molar-refractivity contribution in [2.24, 2.45) is 0 Å². The summed E-state index contributed by atoms with van der Waals surface area (Å²) in [5.41, 5.74) is 3.45. The summed E-state index contributed by atoms with van der Waals surface area (Å²) in [6.45, 7) is 4.56. The maximum Gasteiger partial charge on any atom is -0.0280 e. The largest absolute Gasteiger partial charge is 0.0738 e. The van der Waals surface area contributed by atoms with Crippen molar-refractivity contribution in [1.82, 2.24) is 0 Å². The standard InChI is InChI=1S/C11H20/c1-3-4-5-6-7-11-9-8-10(11)2/h3-9H2,1-2H3. The smallest absolute Gasteiger partial charge is 0.0280 e. The lowest BCUT2D eigenvalue weighted by atomic mass is 9.86. The van der Waals surface area contributed by atoms with Gasteiger partial charge in [0.05, 0.1) is 0 Å². The Hall–Kier alpha value is -0.260. The second-order valence-electron chi connectivity index (χ2n) is 3.69. The van der Waals surface area contributed by atoms with E-state index in [0.717, 1.165) is 0 Å². The molecule has 0 bridgehead atoms. The van der Waals surface area contributed by atoms with E-state index in [4.69, 9.17) is 0 Å². The van der Waals surface area contributed by atoms with Crippen LogP contribution in [0.1, 0.15) is 58.8 Å². The Balaban J connectivity index is 2.00. The fraction of sp³-hybridized carbons (Fsp3) is 0.818. The summed E-state index contributed by atoms with van der Waals surface area (Å²) < 4.78 is 0. The van der Waals surface area contributed by atoms with E-state index in [0.29, 0.717) is 0 Å². The van der Waals surface area contributed by atoms with Crippen molar-refractivity contribution in [3.8, 4) is 0 Å². The number of hydrogen-bond acceptors (Lipinski definition) is 0. The minimum Gasteiger partial charge on any atom is -0.0738 e. The van der Waals surface area contributed by atoms with Crippen LogP contribution in [0.5, 0.6) is 0 Å². The molecule has 1 aliphatic rings. The zero-order chi connectivity index (χ0) is 8.10. The van der Waals surface area contributed by atoms with Gasteiger partial charge in [-0.1, -0.05) is 37.3 Å². The van der Waals surface area contributed by atoms with Crippen molar-refractivity contribution >= 4 is 0 Å². The first kappa shape index (κ1) is 8.83. The van der Waals surface area contributed by atoms with Crippen LogP contribution in [0, 0.1) is 0 Å². The van der Waals surface area contributed by atoms with E-state index in [1.54, 1.807) is 11.1 Å². The monoisotopic (exact) mass is 152 g/mol. The van der Waals surface area contributed by atoms with Gasteiger partial charge in [-0.15, -0.1) is 0 Å². The molecule has 0 saturated heterocycles. The molecule has 0 radical (unpaired) electrons. The molecule has 0 N–H and O–H groups in total. The van der Waals surface area contributed by atoms with Crippen molar-refractivity contribution in [3.05, 3.63) is 11.1 Å². The van der Waals surface area contributed by atoms with Crippen LogP contribution in [0.25, 0.3) is 0 Å². The third-order valence-electron chi connectivity index (χ3n) is 2.74. The van der Waals surface area contributed by atoms with Crippen molar-refractivity contribution in [2.45, 2.75) is 58.8 Å². The van der Waals surface area contributed by atoms with Gasteiger partial charge in [0.15, 0.2) is 0 Å². The first-order valence-electron chi connectivity index (χ1n) is 5.02. The average Bonchev–Trinajstić information content (AvgIpc) is 2.02. The molecule has 1 aliphatic carbocycles. The van der Waals surface area contributed by atoms with Gasteiger partial charge in [0, 0.05) is 0 Å². The highest BCUT2D eigenvalue weighted by atomic mass is 14.2. The van der Waals surface area contributed by atoms with Gasteiger partial charge in [-0.2, -0.15) is 0 Å². The number of unbranched alkanes of at least 4 members (excludes halogenated alkanes) is 3. The molecule has 0 nitrogen and oxygen atoms in total. The topological polar surface area (TPSA) is 0 Å². The minimum absolute atomic E-state index is 1.36. The molecule has 0 unspecified atom stereocenters. The predicted molar refractivity (Wildman–Crippen MR) is 50.7 cm³/mol. The van der Waals surface area contributed by atoms with E-state index >= 15 is 0 Å². The van der Waals surface area contributed by atoms with Crippen molar-refractivity contribution in [3.63, 3.8) is 0 Å². The van der Waals surface area contributed by atoms with Gasteiger partial charge in [0.25, 0.3) is 0 Å². The van der Waals surface area contributed by atoms with Gasteiger partial charge in [-0.05, 0) is 32.6 Å². The third kappa shape index (κ3) is 2.69. The lowest BCUT2D eigenvalue weighted by molar-refractivity contribution is 0.628. The van der Waals surface area contributed by atoms with Crippen LogP contribution in [-0.2, 0) is 0 Å². The highest BCUT2D eigenvalue weighted by Gasteiger charge is 2.11. The predicted octanol–water partition coefficient (Wildman–Crippen LogP) is 4.07. The molecule has 0 amide bonds. The van der Waals surface area contributed by atoms with E-state index in [9.17, 15) is 0 Å². The Labute approximate surface area is 70.7 Å². The van der Waals surface area contributed by atoms with E-state index < -0.39 is 0 Å². The Bertz CT molecular complexity index is 142. The molecule has 0 aromatic carbocycles. The normalized spacial score (nSPS) is 16.9. The zero-order valence-corrected chi connectivity index (χ0v) is 7.95. The van der Waals surface area contributed by atoms with E-state index in [2.05, 4.69) is 13.8 Å². The molecular formula is C11H20. The summed E-state index contributed by atoms with van der Waals surface area (Å²) in [7, 11) is 0. The van der Waals surface area contributed by atoms with Gasteiger partial charge in [-0.25, -0.2) is 0 Å². The molecule has 0 aromatic rings. The lowest BCUT2D eigenvalue weighted by Gasteiger charge is -2.20. The average molecular weight is 152 g/mol. The molecular weight excluding hydrogens is 132 g/mol. The number of allylic oxidation sites excluding steroid dienone is 2. The molecule has 0 spiro atoms. The summed E-state index contributed by atoms with van der Waals surface area (Å²) in [6, 6.07) is 0. The highest BCUT2D eigenvalue weighted by molar-refractivity contribution is 5.21. The van der Waals surface area contributed by atoms with E-state index in [1.807, 2.05) is 0 Å². The molecule has 0 heteroatoms. The van der Waals surface area contributed by atoms with Crippen LogP contribution in [0.15, 0.2) is 11.1 Å². The summed E-state index contributed by atoms with van der Waals surface area (Å²) in [5.74, 6) is 0. The van der Waals surface area contributed by atoms with Crippen molar-refractivity contribution in [1.29, 1.82) is 0 Å².